The average Bonchev–Trinajstić information content (AvgIpc) is 3.04. The third kappa shape index (κ3) is 3.79. The molecule has 2 aromatic heterocycles. The highest BCUT2D eigenvalue weighted by molar-refractivity contribution is 6.05. The lowest BCUT2D eigenvalue weighted by molar-refractivity contribution is 0.102. The number of ether oxygens (including phenoxy) is 1. The van der Waals surface area contributed by atoms with E-state index in [9.17, 15) is 9.90 Å². The molecule has 1 saturated heterocycles. The van der Waals surface area contributed by atoms with Crippen LogP contribution in [0.5, 0.6) is 0 Å². The van der Waals surface area contributed by atoms with Crippen LogP contribution in [-0.4, -0.2) is 56.8 Å². The van der Waals surface area contributed by atoms with E-state index in [4.69, 9.17) is 4.74 Å². The third-order valence-electron chi connectivity index (χ3n) is 5.05. The summed E-state index contributed by atoms with van der Waals surface area (Å²) in [7, 11) is 1.85. The maximum absolute atomic E-state index is 12.7. The number of aromatic nitrogens is 4. The van der Waals surface area contributed by atoms with Crippen molar-refractivity contribution in [3.05, 3.63) is 41.5 Å². The van der Waals surface area contributed by atoms with Crippen LogP contribution in [0.25, 0.3) is 11.0 Å². The van der Waals surface area contributed by atoms with Crippen molar-refractivity contribution in [2.24, 2.45) is 7.05 Å². The Balaban J connectivity index is 1.54. The van der Waals surface area contributed by atoms with E-state index >= 15 is 0 Å². The molecule has 0 saturated carbocycles. The van der Waals surface area contributed by atoms with Gasteiger partial charge in [0.15, 0.2) is 0 Å². The zero-order valence-electron chi connectivity index (χ0n) is 16.7. The van der Waals surface area contributed by atoms with Gasteiger partial charge in [0.1, 0.15) is 11.9 Å². The molecule has 1 amide bonds. The number of nitrogens with one attached hydrogen (secondary N) is 1. The van der Waals surface area contributed by atoms with Gasteiger partial charge in [-0.2, -0.15) is 0 Å². The van der Waals surface area contributed by atoms with Crippen LogP contribution in [0.1, 0.15) is 34.9 Å². The van der Waals surface area contributed by atoms with Crippen LogP contribution in [0.4, 0.5) is 11.6 Å². The van der Waals surface area contributed by atoms with Crippen molar-refractivity contribution >= 4 is 28.6 Å². The van der Waals surface area contributed by atoms with Gasteiger partial charge in [-0.1, -0.05) is 0 Å². The van der Waals surface area contributed by atoms with Crippen LogP contribution >= 0.6 is 0 Å². The first-order chi connectivity index (χ1) is 13.9. The van der Waals surface area contributed by atoms with Gasteiger partial charge in [0, 0.05) is 32.0 Å². The maximum atomic E-state index is 12.7. The van der Waals surface area contributed by atoms with Crippen molar-refractivity contribution < 1.29 is 14.6 Å². The van der Waals surface area contributed by atoms with Crippen LogP contribution in [-0.2, 0) is 11.8 Å². The van der Waals surface area contributed by atoms with E-state index in [0.717, 1.165) is 18.6 Å². The number of aliphatic hydroxyl groups is 1. The molecule has 1 aromatic carbocycles. The normalized spacial score (nSPS) is 15.5. The molecule has 0 aliphatic carbocycles. The molecule has 3 heterocycles. The summed E-state index contributed by atoms with van der Waals surface area (Å²) in [5.74, 6) is 0.913. The lowest BCUT2D eigenvalue weighted by Crippen LogP contribution is -2.37. The average molecular weight is 396 g/mol. The molecule has 1 aliphatic heterocycles. The minimum atomic E-state index is -0.671. The zero-order valence-corrected chi connectivity index (χ0v) is 16.7. The van der Waals surface area contributed by atoms with Gasteiger partial charge in [-0.15, -0.1) is 0 Å². The molecule has 1 unspecified atom stereocenters. The largest absolute Gasteiger partial charge is 0.385 e. The number of anilines is 2. The molecule has 1 fully saturated rings. The van der Waals surface area contributed by atoms with Gasteiger partial charge in [-0.05, 0) is 32.0 Å². The Morgan fingerprint density at radius 1 is 1.28 bits per heavy atom. The van der Waals surface area contributed by atoms with Crippen LogP contribution in [0.3, 0.4) is 0 Å². The van der Waals surface area contributed by atoms with Crippen molar-refractivity contribution in [1.29, 1.82) is 0 Å². The fraction of sp³-hybridized carbons (Fsp3) is 0.400. The van der Waals surface area contributed by atoms with E-state index in [2.05, 4.69) is 20.3 Å². The molecular weight excluding hydrogens is 372 g/mol. The molecule has 2 N–H and O–H groups in total. The lowest BCUT2D eigenvalue weighted by atomic mass is 10.2. The first-order valence-electron chi connectivity index (χ1n) is 9.56. The van der Waals surface area contributed by atoms with Crippen LogP contribution in [0.2, 0.25) is 0 Å². The molecule has 0 spiro atoms. The number of carbonyl (C=O) groups excluding carboxylic acids is 1. The van der Waals surface area contributed by atoms with E-state index in [1.165, 1.54) is 0 Å². The molecule has 0 bridgehead atoms. The Morgan fingerprint density at radius 2 is 2.03 bits per heavy atom. The van der Waals surface area contributed by atoms with Crippen molar-refractivity contribution in [2.75, 3.05) is 36.5 Å². The summed E-state index contributed by atoms with van der Waals surface area (Å²) in [6.45, 7) is 6.26. The number of hydrogen-bond acceptors (Lipinski definition) is 7. The number of fused-ring (bicyclic) bond motifs is 1. The number of rotatable bonds is 4. The Morgan fingerprint density at radius 3 is 2.72 bits per heavy atom. The molecule has 4 rings (SSSR count). The fourth-order valence-electron chi connectivity index (χ4n) is 3.46. The first-order valence-corrected chi connectivity index (χ1v) is 9.56. The predicted molar refractivity (Wildman–Crippen MR) is 109 cm³/mol. The second-order valence-electron chi connectivity index (χ2n) is 7.13. The summed E-state index contributed by atoms with van der Waals surface area (Å²) in [5.41, 5.74) is 3.25. The van der Waals surface area contributed by atoms with E-state index in [1.807, 2.05) is 28.6 Å². The van der Waals surface area contributed by atoms with Gasteiger partial charge < -0.3 is 24.6 Å². The topological polar surface area (TPSA) is 105 Å². The second-order valence-corrected chi connectivity index (χ2v) is 7.13. The quantitative estimate of drug-likeness (QED) is 0.693. The summed E-state index contributed by atoms with van der Waals surface area (Å²) in [6.07, 6.45) is 0.892. The molecular formula is C20H24N6O3. The Bertz CT molecular complexity index is 1060. The number of benzene rings is 1. The highest BCUT2D eigenvalue weighted by Gasteiger charge is 2.18. The third-order valence-corrected chi connectivity index (χ3v) is 5.05. The number of aryl methyl sites for hydroxylation is 2. The number of carbonyl (C=O) groups is 1. The summed E-state index contributed by atoms with van der Waals surface area (Å²) >= 11 is 0. The summed E-state index contributed by atoms with van der Waals surface area (Å²) in [6, 6.07) is 5.47. The number of imidazole rings is 1. The van der Waals surface area contributed by atoms with Crippen LogP contribution in [0, 0.1) is 6.92 Å². The Labute approximate surface area is 168 Å². The van der Waals surface area contributed by atoms with Gasteiger partial charge in [-0.25, -0.2) is 15.0 Å². The first kappa shape index (κ1) is 19.3. The second kappa shape index (κ2) is 7.76. The smallest absolute Gasteiger partial charge is 0.259 e. The molecule has 152 valence electrons. The molecule has 9 heteroatoms. The van der Waals surface area contributed by atoms with Crippen molar-refractivity contribution in [3.63, 3.8) is 0 Å². The van der Waals surface area contributed by atoms with Crippen molar-refractivity contribution in [2.45, 2.75) is 20.0 Å². The molecule has 1 aliphatic rings. The highest BCUT2D eigenvalue weighted by Crippen LogP contribution is 2.23. The minimum Gasteiger partial charge on any atom is -0.385 e. The number of hydrogen-bond donors (Lipinski definition) is 2. The molecule has 3 aromatic rings. The van der Waals surface area contributed by atoms with Gasteiger partial charge in [0.25, 0.3) is 5.91 Å². The Kier molecular flexibility index (Phi) is 5.16. The number of nitrogens with zero attached hydrogens (tertiary/aromatic N) is 5. The van der Waals surface area contributed by atoms with Crippen LogP contribution < -0.4 is 10.2 Å². The van der Waals surface area contributed by atoms with Crippen molar-refractivity contribution in [1.82, 2.24) is 19.5 Å². The van der Waals surface area contributed by atoms with Crippen LogP contribution in [0.15, 0.2) is 24.4 Å². The zero-order chi connectivity index (χ0) is 20.5. The molecule has 29 heavy (non-hydrogen) atoms. The minimum absolute atomic E-state index is 0.276. The van der Waals surface area contributed by atoms with E-state index in [-0.39, 0.29) is 5.91 Å². The molecule has 1 atom stereocenters. The summed E-state index contributed by atoms with van der Waals surface area (Å²) in [5, 5.41) is 12.7. The van der Waals surface area contributed by atoms with E-state index in [1.54, 1.807) is 26.1 Å². The molecule has 0 radical (unpaired) electrons. The van der Waals surface area contributed by atoms with E-state index in [0.29, 0.717) is 47.4 Å². The van der Waals surface area contributed by atoms with Gasteiger partial charge in [0.05, 0.1) is 35.5 Å². The summed E-state index contributed by atoms with van der Waals surface area (Å²) < 4.78 is 7.19. The number of amides is 1. The van der Waals surface area contributed by atoms with Crippen molar-refractivity contribution in [3.8, 4) is 0 Å². The summed E-state index contributed by atoms with van der Waals surface area (Å²) in [4.78, 5) is 28.1. The van der Waals surface area contributed by atoms with Gasteiger partial charge >= 0.3 is 0 Å². The predicted octanol–water partition coefficient (Wildman–Crippen LogP) is 1.81. The highest BCUT2D eigenvalue weighted by atomic mass is 16.5. The Hall–Kier alpha value is -3.04. The maximum Gasteiger partial charge on any atom is 0.259 e. The monoisotopic (exact) mass is 396 g/mol. The van der Waals surface area contributed by atoms with Gasteiger partial charge in [-0.3, -0.25) is 4.79 Å². The number of aliphatic hydroxyl groups excluding tert-OH is 1. The van der Waals surface area contributed by atoms with E-state index < -0.39 is 6.10 Å². The standard InChI is InChI=1S/C20H24N6O3/c1-12-15(11-21-20(22-12)26-6-8-29-9-7-26)19(28)23-14-4-5-17-16(10-14)24-18(13(2)27)25(17)3/h4-5,10-11,13,27H,6-9H2,1-3H3,(H,23,28). The van der Waals surface area contributed by atoms with Gasteiger partial charge in [0.2, 0.25) is 5.95 Å². The molecule has 9 nitrogen and oxygen atoms in total. The SMILES string of the molecule is Cc1nc(N2CCOCC2)ncc1C(=O)Nc1ccc2c(c1)nc(C(C)O)n2C. The lowest BCUT2D eigenvalue weighted by Gasteiger charge is -2.27. The fourth-order valence-corrected chi connectivity index (χ4v) is 3.46. The number of morpholine rings is 1.